The summed E-state index contributed by atoms with van der Waals surface area (Å²) < 4.78 is 0.913. The third-order valence-electron chi connectivity index (χ3n) is 2.28. The van der Waals surface area contributed by atoms with Crippen LogP contribution >= 0.6 is 27.3 Å². The number of amides is 1. The van der Waals surface area contributed by atoms with Gasteiger partial charge in [-0.15, -0.1) is 10.2 Å². The van der Waals surface area contributed by atoms with Gasteiger partial charge in [0.25, 0.3) is 5.91 Å². The van der Waals surface area contributed by atoms with E-state index in [1.54, 1.807) is 7.05 Å². The molecular weight excluding hydrogens is 316 g/mol. The second-order valence-electron chi connectivity index (χ2n) is 3.58. The average molecular weight is 327 g/mol. The van der Waals surface area contributed by atoms with Crippen LogP contribution in [-0.2, 0) is 0 Å². The zero-order valence-electron chi connectivity index (χ0n) is 9.82. The number of hydrogen-bond acceptors (Lipinski definition) is 5. The Morgan fingerprint density at radius 2 is 2.17 bits per heavy atom. The maximum atomic E-state index is 12.0. The van der Waals surface area contributed by atoms with E-state index in [4.69, 9.17) is 0 Å². The zero-order valence-corrected chi connectivity index (χ0v) is 12.2. The molecule has 0 fully saturated rings. The van der Waals surface area contributed by atoms with Crippen molar-refractivity contribution in [1.29, 1.82) is 0 Å². The molecular formula is C11H11BrN4OS. The van der Waals surface area contributed by atoms with Crippen molar-refractivity contribution < 1.29 is 4.79 Å². The van der Waals surface area contributed by atoms with Gasteiger partial charge in [0.1, 0.15) is 0 Å². The number of aryl methyl sites for hydroxylation is 1. The highest BCUT2D eigenvalue weighted by molar-refractivity contribution is 9.10. The van der Waals surface area contributed by atoms with Gasteiger partial charge in [-0.2, -0.15) is 0 Å². The number of nitrogens with zero attached hydrogens (tertiary/aromatic N) is 2. The minimum Gasteiger partial charge on any atom is -0.363 e. The van der Waals surface area contributed by atoms with Crippen LogP contribution in [0.5, 0.6) is 0 Å². The fourth-order valence-electron chi connectivity index (χ4n) is 1.32. The monoisotopic (exact) mass is 326 g/mol. The first-order chi connectivity index (χ1) is 8.60. The zero-order chi connectivity index (χ0) is 13.1. The van der Waals surface area contributed by atoms with Gasteiger partial charge < -0.3 is 10.6 Å². The van der Waals surface area contributed by atoms with Gasteiger partial charge in [-0.05, 0) is 24.6 Å². The van der Waals surface area contributed by atoms with Crippen molar-refractivity contribution in [2.75, 3.05) is 17.7 Å². The molecule has 0 radical (unpaired) electrons. The van der Waals surface area contributed by atoms with Gasteiger partial charge in [-0.1, -0.05) is 33.3 Å². The first-order valence-corrected chi connectivity index (χ1v) is 6.80. The SMILES string of the molecule is CNc1nnc(C(=O)Nc2cc(Br)ccc2C)s1. The number of aromatic nitrogens is 2. The highest BCUT2D eigenvalue weighted by atomic mass is 79.9. The Kier molecular flexibility index (Phi) is 3.93. The summed E-state index contributed by atoms with van der Waals surface area (Å²) >= 11 is 4.58. The average Bonchev–Trinajstić information content (AvgIpc) is 2.82. The van der Waals surface area contributed by atoms with Crippen molar-refractivity contribution in [3.05, 3.63) is 33.2 Å². The molecule has 1 heterocycles. The molecule has 0 aliphatic carbocycles. The van der Waals surface area contributed by atoms with E-state index in [1.807, 2.05) is 25.1 Å². The Hall–Kier alpha value is -1.47. The number of benzene rings is 1. The van der Waals surface area contributed by atoms with Crippen molar-refractivity contribution in [2.24, 2.45) is 0 Å². The number of hydrogen-bond donors (Lipinski definition) is 2. The first-order valence-electron chi connectivity index (χ1n) is 5.19. The minimum atomic E-state index is -0.254. The predicted octanol–water partition coefficient (Wildman–Crippen LogP) is 2.90. The Labute approximate surface area is 117 Å². The lowest BCUT2D eigenvalue weighted by Crippen LogP contribution is -2.12. The molecule has 1 amide bonds. The van der Waals surface area contributed by atoms with Crippen LogP contribution in [-0.4, -0.2) is 23.2 Å². The molecule has 18 heavy (non-hydrogen) atoms. The van der Waals surface area contributed by atoms with Gasteiger partial charge in [0.2, 0.25) is 10.1 Å². The van der Waals surface area contributed by atoms with E-state index < -0.39 is 0 Å². The van der Waals surface area contributed by atoms with Gasteiger partial charge in [0, 0.05) is 17.2 Å². The summed E-state index contributed by atoms with van der Waals surface area (Å²) in [6.45, 7) is 1.93. The smallest absolute Gasteiger partial charge is 0.286 e. The lowest BCUT2D eigenvalue weighted by atomic mass is 10.2. The van der Waals surface area contributed by atoms with E-state index in [1.165, 1.54) is 11.3 Å². The Bertz CT molecular complexity index is 584. The summed E-state index contributed by atoms with van der Waals surface area (Å²) in [4.78, 5) is 12.0. The fraction of sp³-hybridized carbons (Fsp3) is 0.182. The van der Waals surface area contributed by atoms with E-state index in [0.29, 0.717) is 10.1 Å². The van der Waals surface area contributed by atoms with Gasteiger partial charge in [0.15, 0.2) is 0 Å². The first kappa shape index (κ1) is 13.0. The molecule has 7 heteroatoms. The minimum absolute atomic E-state index is 0.254. The highest BCUT2D eigenvalue weighted by Crippen LogP contribution is 2.22. The molecule has 1 aromatic heterocycles. The van der Waals surface area contributed by atoms with Crippen LogP contribution in [0, 0.1) is 6.92 Å². The predicted molar refractivity (Wildman–Crippen MR) is 76.3 cm³/mol. The highest BCUT2D eigenvalue weighted by Gasteiger charge is 2.13. The summed E-state index contributed by atoms with van der Waals surface area (Å²) in [6, 6.07) is 5.71. The maximum absolute atomic E-state index is 12.0. The number of rotatable bonds is 3. The van der Waals surface area contributed by atoms with Gasteiger partial charge in [0.05, 0.1) is 0 Å². The summed E-state index contributed by atoms with van der Waals surface area (Å²) in [6.07, 6.45) is 0. The molecule has 0 bridgehead atoms. The number of carbonyl (C=O) groups excluding carboxylic acids is 1. The van der Waals surface area contributed by atoms with E-state index in [-0.39, 0.29) is 5.91 Å². The number of carbonyl (C=O) groups is 1. The molecule has 2 N–H and O–H groups in total. The molecule has 0 aliphatic heterocycles. The largest absolute Gasteiger partial charge is 0.363 e. The number of halogens is 1. The molecule has 2 aromatic rings. The van der Waals surface area contributed by atoms with Crippen LogP contribution in [0.1, 0.15) is 15.4 Å². The van der Waals surface area contributed by atoms with Crippen LogP contribution in [0.4, 0.5) is 10.8 Å². The third kappa shape index (κ3) is 2.85. The van der Waals surface area contributed by atoms with E-state index in [2.05, 4.69) is 36.8 Å². The Morgan fingerprint density at radius 3 is 2.83 bits per heavy atom. The van der Waals surface area contributed by atoms with Crippen molar-refractivity contribution in [2.45, 2.75) is 6.92 Å². The molecule has 0 unspecified atom stereocenters. The van der Waals surface area contributed by atoms with Crippen molar-refractivity contribution in [1.82, 2.24) is 10.2 Å². The molecule has 1 aromatic carbocycles. The molecule has 5 nitrogen and oxygen atoms in total. The summed E-state index contributed by atoms with van der Waals surface area (Å²) in [5.74, 6) is -0.254. The Morgan fingerprint density at radius 1 is 1.39 bits per heavy atom. The van der Waals surface area contributed by atoms with Crippen LogP contribution in [0.25, 0.3) is 0 Å². The molecule has 0 saturated carbocycles. The van der Waals surface area contributed by atoms with E-state index >= 15 is 0 Å². The lowest BCUT2D eigenvalue weighted by Gasteiger charge is -2.06. The van der Waals surface area contributed by atoms with Gasteiger partial charge in [-0.3, -0.25) is 4.79 Å². The quantitative estimate of drug-likeness (QED) is 0.910. The van der Waals surface area contributed by atoms with Crippen LogP contribution in [0.15, 0.2) is 22.7 Å². The molecule has 94 valence electrons. The van der Waals surface area contributed by atoms with Crippen molar-refractivity contribution >= 4 is 44.0 Å². The molecule has 0 saturated heterocycles. The summed E-state index contributed by atoms with van der Waals surface area (Å²) in [5.41, 5.74) is 1.75. The lowest BCUT2D eigenvalue weighted by molar-refractivity contribution is 0.102. The number of nitrogens with one attached hydrogen (secondary N) is 2. The molecule has 2 rings (SSSR count). The van der Waals surface area contributed by atoms with Crippen molar-refractivity contribution in [3.63, 3.8) is 0 Å². The van der Waals surface area contributed by atoms with E-state index in [9.17, 15) is 4.79 Å². The Balaban J connectivity index is 2.18. The van der Waals surface area contributed by atoms with Crippen LogP contribution < -0.4 is 10.6 Å². The van der Waals surface area contributed by atoms with Gasteiger partial charge >= 0.3 is 0 Å². The van der Waals surface area contributed by atoms with Crippen molar-refractivity contribution in [3.8, 4) is 0 Å². The summed E-state index contributed by atoms with van der Waals surface area (Å²) in [7, 11) is 1.74. The van der Waals surface area contributed by atoms with Gasteiger partial charge in [-0.25, -0.2) is 0 Å². The van der Waals surface area contributed by atoms with Crippen LogP contribution in [0.2, 0.25) is 0 Å². The topological polar surface area (TPSA) is 66.9 Å². The van der Waals surface area contributed by atoms with E-state index in [0.717, 1.165) is 15.7 Å². The molecule has 0 aliphatic rings. The second-order valence-corrected chi connectivity index (χ2v) is 5.47. The third-order valence-corrected chi connectivity index (χ3v) is 3.71. The number of anilines is 2. The van der Waals surface area contributed by atoms with Crippen LogP contribution in [0.3, 0.4) is 0 Å². The normalized spacial score (nSPS) is 10.2. The molecule has 0 spiro atoms. The standard InChI is InChI=1S/C11H11BrN4OS/c1-6-3-4-7(12)5-8(6)14-9(17)10-15-16-11(13-2)18-10/h3-5H,1-2H3,(H,13,16)(H,14,17). The second kappa shape index (κ2) is 5.45. The fourth-order valence-corrected chi connectivity index (χ4v) is 2.27. The summed E-state index contributed by atoms with van der Waals surface area (Å²) in [5, 5.41) is 14.3. The molecule has 0 atom stereocenters. The maximum Gasteiger partial charge on any atom is 0.286 e.